The van der Waals surface area contributed by atoms with Gasteiger partial charge in [0.25, 0.3) is 5.91 Å². The van der Waals surface area contributed by atoms with Gasteiger partial charge in [-0.15, -0.1) is 0 Å². The van der Waals surface area contributed by atoms with Crippen LogP contribution in [0.1, 0.15) is 15.9 Å². The summed E-state index contributed by atoms with van der Waals surface area (Å²) in [6, 6.07) is 8.76. The fourth-order valence-electron chi connectivity index (χ4n) is 1.64. The Morgan fingerprint density at radius 2 is 1.84 bits per heavy atom. The number of carbonyl (C=O) groups excluding carboxylic acids is 1. The van der Waals surface area contributed by atoms with Crippen molar-refractivity contribution in [3.05, 3.63) is 63.6 Å². The fourth-order valence-corrected chi connectivity index (χ4v) is 2.01. The van der Waals surface area contributed by atoms with Gasteiger partial charge in [0.15, 0.2) is 11.6 Å². The van der Waals surface area contributed by atoms with Gasteiger partial charge in [-0.3, -0.25) is 4.79 Å². The van der Waals surface area contributed by atoms with E-state index >= 15 is 0 Å². The zero-order valence-corrected chi connectivity index (χ0v) is 11.6. The minimum Gasteiger partial charge on any atom is -0.319 e. The summed E-state index contributed by atoms with van der Waals surface area (Å²) in [5.41, 5.74) is 0.958. The van der Waals surface area contributed by atoms with Crippen molar-refractivity contribution < 1.29 is 13.6 Å². The Hall–Kier alpha value is -1.75. The Morgan fingerprint density at radius 1 is 1.16 bits per heavy atom. The third-order valence-electron chi connectivity index (χ3n) is 2.71. The first-order chi connectivity index (χ1) is 9.00. The van der Waals surface area contributed by atoms with E-state index in [9.17, 15) is 13.6 Å². The van der Waals surface area contributed by atoms with Crippen LogP contribution in [0.25, 0.3) is 0 Å². The zero-order chi connectivity index (χ0) is 14.0. The molecule has 2 aromatic carbocycles. The van der Waals surface area contributed by atoms with Crippen molar-refractivity contribution in [2.45, 2.75) is 6.92 Å². The Balaban J connectivity index is 2.31. The largest absolute Gasteiger partial charge is 0.319 e. The lowest BCUT2D eigenvalue weighted by Crippen LogP contribution is -2.15. The van der Waals surface area contributed by atoms with Crippen LogP contribution in [0.15, 0.2) is 40.9 Å². The molecule has 0 aliphatic heterocycles. The van der Waals surface area contributed by atoms with Crippen LogP contribution in [0, 0.1) is 18.6 Å². The van der Waals surface area contributed by atoms with Gasteiger partial charge in [-0.25, -0.2) is 8.78 Å². The van der Waals surface area contributed by atoms with Crippen LogP contribution in [-0.2, 0) is 0 Å². The van der Waals surface area contributed by atoms with Crippen LogP contribution in [0.3, 0.4) is 0 Å². The molecule has 2 rings (SSSR count). The summed E-state index contributed by atoms with van der Waals surface area (Å²) in [7, 11) is 0. The van der Waals surface area contributed by atoms with Crippen LogP contribution in [0.2, 0.25) is 0 Å². The number of benzene rings is 2. The Morgan fingerprint density at radius 3 is 2.58 bits per heavy atom. The van der Waals surface area contributed by atoms with Gasteiger partial charge in [0.2, 0.25) is 0 Å². The number of amides is 1. The van der Waals surface area contributed by atoms with Gasteiger partial charge in [-0.05, 0) is 36.8 Å². The molecule has 0 aromatic heterocycles. The van der Waals surface area contributed by atoms with Crippen LogP contribution < -0.4 is 5.32 Å². The quantitative estimate of drug-likeness (QED) is 0.876. The van der Waals surface area contributed by atoms with Gasteiger partial charge >= 0.3 is 0 Å². The molecule has 0 bridgehead atoms. The first-order valence-corrected chi connectivity index (χ1v) is 6.30. The predicted octanol–water partition coefficient (Wildman–Crippen LogP) is 4.29. The molecule has 1 amide bonds. The average molecular weight is 326 g/mol. The average Bonchev–Trinajstić information content (AvgIpc) is 2.38. The number of nitrogens with one attached hydrogen (secondary N) is 1. The normalized spacial score (nSPS) is 10.3. The smallest absolute Gasteiger partial charge is 0.256 e. The van der Waals surface area contributed by atoms with E-state index in [2.05, 4.69) is 21.2 Å². The third-order valence-corrected chi connectivity index (χ3v) is 3.57. The van der Waals surface area contributed by atoms with E-state index in [1.54, 1.807) is 25.1 Å². The summed E-state index contributed by atoms with van der Waals surface area (Å²) in [6.45, 7) is 1.76. The predicted molar refractivity (Wildman–Crippen MR) is 73.2 cm³/mol. The molecule has 2 nitrogen and oxygen atoms in total. The zero-order valence-electron chi connectivity index (χ0n) is 10.0. The van der Waals surface area contributed by atoms with Gasteiger partial charge < -0.3 is 5.32 Å². The molecule has 2 aromatic rings. The van der Waals surface area contributed by atoms with Crippen LogP contribution in [-0.4, -0.2) is 5.91 Å². The van der Waals surface area contributed by atoms with Crippen molar-refractivity contribution in [3.63, 3.8) is 0 Å². The summed E-state index contributed by atoms with van der Waals surface area (Å²) >= 11 is 3.31. The molecule has 0 saturated carbocycles. The first kappa shape index (κ1) is 13.7. The summed E-state index contributed by atoms with van der Waals surface area (Å²) in [6.07, 6.45) is 0. The first-order valence-electron chi connectivity index (χ1n) is 5.51. The molecule has 0 fully saturated rings. The monoisotopic (exact) mass is 325 g/mol. The maximum Gasteiger partial charge on any atom is 0.256 e. The number of hydrogen-bond donors (Lipinski definition) is 1. The third kappa shape index (κ3) is 2.81. The molecule has 0 unspecified atom stereocenters. The van der Waals surface area contributed by atoms with Crippen molar-refractivity contribution >= 4 is 27.5 Å². The molecule has 0 atom stereocenters. The van der Waals surface area contributed by atoms with Crippen molar-refractivity contribution in [2.75, 3.05) is 5.32 Å². The highest BCUT2D eigenvalue weighted by molar-refractivity contribution is 9.10. The molecule has 0 spiro atoms. The maximum absolute atomic E-state index is 13.5. The second kappa shape index (κ2) is 5.48. The van der Waals surface area contributed by atoms with Gasteiger partial charge in [-0.2, -0.15) is 0 Å². The molecular weight excluding hydrogens is 316 g/mol. The lowest BCUT2D eigenvalue weighted by Gasteiger charge is -2.09. The van der Waals surface area contributed by atoms with E-state index in [-0.39, 0.29) is 5.69 Å². The summed E-state index contributed by atoms with van der Waals surface area (Å²) in [5.74, 6) is -2.55. The maximum atomic E-state index is 13.5. The number of anilines is 1. The molecule has 0 heterocycles. The van der Waals surface area contributed by atoms with Crippen molar-refractivity contribution in [1.29, 1.82) is 0 Å². The molecule has 0 aliphatic carbocycles. The van der Waals surface area contributed by atoms with Gasteiger partial charge in [0, 0.05) is 10.0 Å². The van der Waals surface area contributed by atoms with E-state index < -0.39 is 17.5 Å². The van der Waals surface area contributed by atoms with E-state index in [0.29, 0.717) is 5.56 Å². The fraction of sp³-hybridized carbons (Fsp3) is 0.0714. The number of carbonyl (C=O) groups is 1. The molecular formula is C14H10BrF2NO. The Labute approximate surface area is 117 Å². The van der Waals surface area contributed by atoms with Crippen LogP contribution in [0.5, 0.6) is 0 Å². The van der Waals surface area contributed by atoms with Crippen molar-refractivity contribution in [2.24, 2.45) is 0 Å². The molecule has 98 valence electrons. The molecule has 0 saturated heterocycles. The standard InChI is InChI=1S/C14H10BrF2NO/c1-8-9(4-2-5-10(8)15)14(19)18-12-7-3-6-11(16)13(12)17/h2-7H,1H3,(H,18,19). The van der Waals surface area contributed by atoms with E-state index in [1.807, 2.05) is 0 Å². The summed E-state index contributed by atoms with van der Waals surface area (Å²) < 4.78 is 27.3. The Kier molecular flexibility index (Phi) is 3.95. The van der Waals surface area contributed by atoms with Gasteiger partial charge in [-0.1, -0.05) is 28.1 Å². The van der Waals surface area contributed by atoms with Gasteiger partial charge in [0.1, 0.15) is 0 Å². The van der Waals surface area contributed by atoms with E-state index in [4.69, 9.17) is 0 Å². The highest BCUT2D eigenvalue weighted by Crippen LogP contribution is 2.22. The minimum atomic E-state index is -1.07. The van der Waals surface area contributed by atoms with Gasteiger partial charge in [0.05, 0.1) is 5.69 Å². The topological polar surface area (TPSA) is 29.1 Å². The second-order valence-electron chi connectivity index (χ2n) is 3.97. The highest BCUT2D eigenvalue weighted by atomic mass is 79.9. The van der Waals surface area contributed by atoms with Crippen molar-refractivity contribution in [1.82, 2.24) is 0 Å². The van der Waals surface area contributed by atoms with E-state index in [1.165, 1.54) is 12.1 Å². The Bertz CT molecular complexity index is 643. The molecule has 1 N–H and O–H groups in total. The molecule has 0 radical (unpaired) electrons. The highest BCUT2D eigenvalue weighted by Gasteiger charge is 2.14. The molecule has 5 heteroatoms. The van der Waals surface area contributed by atoms with Crippen LogP contribution >= 0.6 is 15.9 Å². The number of hydrogen-bond acceptors (Lipinski definition) is 1. The second-order valence-corrected chi connectivity index (χ2v) is 4.82. The lowest BCUT2D eigenvalue weighted by molar-refractivity contribution is 0.102. The minimum absolute atomic E-state index is 0.177. The molecule has 19 heavy (non-hydrogen) atoms. The summed E-state index contributed by atoms with van der Waals surface area (Å²) in [5, 5.41) is 2.36. The molecule has 0 aliphatic rings. The van der Waals surface area contributed by atoms with Crippen LogP contribution in [0.4, 0.5) is 14.5 Å². The number of halogens is 3. The summed E-state index contributed by atoms with van der Waals surface area (Å²) in [4.78, 5) is 12.0. The van der Waals surface area contributed by atoms with E-state index in [0.717, 1.165) is 16.1 Å². The van der Waals surface area contributed by atoms with Crippen molar-refractivity contribution in [3.8, 4) is 0 Å². The lowest BCUT2D eigenvalue weighted by atomic mass is 10.1. The SMILES string of the molecule is Cc1c(Br)cccc1C(=O)Nc1cccc(F)c1F. The number of rotatable bonds is 2.